The molecule has 0 saturated heterocycles. The highest BCUT2D eigenvalue weighted by Gasteiger charge is 2.40. The highest BCUT2D eigenvalue weighted by atomic mass is 35.5. The van der Waals surface area contributed by atoms with Gasteiger partial charge in [0.25, 0.3) is 0 Å². The summed E-state index contributed by atoms with van der Waals surface area (Å²) in [7, 11) is 1.27. The Morgan fingerprint density at radius 3 is 2.17 bits per heavy atom. The molecule has 1 aromatic rings. The molecule has 1 aromatic carbocycles. The van der Waals surface area contributed by atoms with E-state index in [4.69, 9.17) is 58.1 Å². The molecule has 1 atom stereocenters. The van der Waals surface area contributed by atoms with Gasteiger partial charge in [0.2, 0.25) is 0 Å². The van der Waals surface area contributed by atoms with Crippen molar-refractivity contribution in [2.45, 2.75) is 19.8 Å². The number of allylic oxidation sites excluding steroid dienone is 1. The first kappa shape index (κ1) is 34.6. The minimum Gasteiger partial charge on any atom is -0.478 e. The van der Waals surface area contributed by atoms with Crippen molar-refractivity contribution in [3.8, 4) is 0 Å². The summed E-state index contributed by atoms with van der Waals surface area (Å²) in [6, 6.07) is 5.03. The van der Waals surface area contributed by atoms with Crippen LogP contribution in [0.25, 0.3) is 0 Å². The van der Waals surface area contributed by atoms with Crippen LogP contribution in [-0.2, 0) is 38.1 Å². The summed E-state index contributed by atoms with van der Waals surface area (Å²) < 4.78 is 21.3. The number of halogens is 2. The number of aliphatic carboxylic acids is 2. The van der Waals surface area contributed by atoms with Gasteiger partial charge < -0.3 is 40.2 Å². The van der Waals surface area contributed by atoms with E-state index in [-0.39, 0.29) is 36.0 Å². The quantitative estimate of drug-likeness (QED) is 0.147. The number of ether oxygens (including phenoxy) is 4. The van der Waals surface area contributed by atoms with Gasteiger partial charge >= 0.3 is 23.9 Å². The van der Waals surface area contributed by atoms with Gasteiger partial charge in [-0.25, -0.2) is 19.2 Å². The number of nitrogens with two attached hydrogens (primary N) is 1. The van der Waals surface area contributed by atoms with Crippen LogP contribution in [0.4, 0.5) is 0 Å². The number of esters is 2. The van der Waals surface area contributed by atoms with Crippen LogP contribution < -0.4 is 11.1 Å². The maximum absolute atomic E-state index is 13.1. The van der Waals surface area contributed by atoms with Crippen LogP contribution in [0.15, 0.2) is 52.9 Å². The molecule has 0 fully saturated rings. The number of carbonyl (C=O) groups excluding carboxylic acids is 2. The van der Waals surface area contributed by atoms with Crippen LogP contribution in [-0.4, -0.2) is 80.8 Å². The molecular weight excluding hydrogens is 571 g/mol. The van der Waals surface area contributed by atoms with Crippen LogP contribution in [0.5, 0.6) is 0 Å². The number of methoxy groups -OCH3 is 1. The van der Waals surface area contributed by atoms with Crippen molar-refractivity contribution < 1.29 is 48.3 Å². The Kier molecular flexibility index (Phi) is 15.6. The van der Waals surface area contributed by atoms with Gasteiger partial charge in [-0.2, -0.15) is 0 Å². The van der Waals surface area contributed by atoms with Crippen LogP contribution in [0.2, 0.25) is 10.0 Å². The lowest BCUT2D eigenvalue weighted by Gasteiger charge is -2.31. The van der Waals surface area contributed by atoms with Crippen molar-refractivity contribution in [1.82, 2.24) is 5.32 Å². The third-order valence-corrected chi connectivity index (χ3v) is 5.92. The molecule has 1 aliphatic heterocycles. The molecule has 2 rings (SSSR count). The maximum atomic E-state index is 13.1. The molecule has 1 aliphatic rings. The number of hydrogen-bond acceptors (Lipinski definition) is 10. The molecule has 0 amide bonds. The lowest BCUT2D eigenvalue weighted by Crippen LogP contribution is -2.35. The van der Waals surface area contributed by atoms with E-state index in [1.54, 1.807) is 32.0 Å². The van der Waals surface area contributed by atoms with E-state index < -0.39 is 29.8 Å². The molecule has 12 nitrogen and oxygen atoms in total. The number of nitrogens with one attached hydrogen (secondary N) is 1. The van der Waals surface area contributed by atoms with Gasteiger partial charge in [-0.1, -0.05) is 35.3 Å². The second-order valence-corrected chi connectivity index (χ2v) is 8.59. The fourth-order valence-electron chi connectivity index (χ4n) is 3.52. The lowest BCUT2D eigenvalue weighted by molar-refractivity contribution is -0.139. The standard InChI is InChI=1S/C22H28Cl2N2O6.C4H4O4/c1-4-32-22(28)19-16(12-31-11-10-30-9-8-25)26-13(2)17(21(27)29-3)18(19)14-6-5-7-15(23)20(14)24;5-3(6)1-2-4(7)8/h5-7,18,26H,4,8-12,25H2,1-3H3;1-2H,(H,5,6)(H,7,8). The van der Waals surface area contributed by atoms with Crippen molar-refractivity contribution in [1.29, 1.82) is 0 Å². The van der Waals surface area contributed by atoms with Crippen molar-refractivity contribution in [2.75, 3.05) is 46.7 Å². The number of carbonyl (C=O) groups is 4. The van der Waals surface area contributed by atoms with Crippen LogP contribution >= 0.6 is 23.2 Å². The zero-order chi connectivity index (χ0) is 30.2. The molecular formula is C26H32Cl2N2O10. The first-order valence-electron chi connectivity index (χ1n) is 11.9. The van der Waals surface area contributed by atoms with Gasteiger partial charge in [-0.05, 0) is 25.5 Å². The molecule has 1 heterocycles. The molecule has 5 N–H and O–H groups in total. The molecule has 0 radical (unpaired) electrons. The van der Waals surface area contributed by atoms with E-state index >= 15 is 0 Å². The zero-order valence-corrected chi connectivity index (χ0v) is 23.7. The van der Waals surface area contributed by atoms with Crippen molar-refractivity contribution >= 4 is 47.1 Å². The first-order valence-corrected chi connectivity index (χ1v) is 12.6. The molecule has 220 valence electrons. The molecule has 0 spiro atoms. The molecule has 40 heavy (non-hydrogen) atoms. The molecule has 14 heteroatoms. The molecule has 0 bridgehead atoms. The summed E-state index contributed by atoms with van der Waals surface area (Å²) in [5.41, 5.74) is 7.27. The Balaban J connectivity index is 0.000000869. The fourth-order valence-corrected chi connectivity index (χ4v) is 3.93. The third-order valence-electron chi connectivity index (χ3n) is 5.09. The van der Waals surface area contributed by atoms with Crippen molar-refractivity contribution in [3.05, 3.63) is 68.5 Å². The van der Waals surface area contributed by atoms with E-state index in [2.05, 4.69) is 5.32 Å². The monoisotopic (exact) mass is 602 g/mol. The topological polar surface area (TPSA) is 184 Å². The average molecular weight is 603 g/mol. The van der Waals surface area contributed by atoms with Gasteiger partial charge in [0.1, 0.15) is 0 Å². The Bertz CT molecular complexity index is 1150. The number of hydrogen-bond donors (Lipinski definition) is 4. The Morgan fingerprint density at radius 1 is 1.00 bits per heavy atom. The zero-order valence-electron chi connectivity index (χ0n) is 22.2. The smallest absolute Gasteiger partial charge is 0.336 e. The molecule has 0 aromatic heterocycles. The lowest BCUT2D eigenvalue weighted by atomic mass is 9.80. The summed E-state index contributed by atoms with van der Waals surface area (Å²) in [6.45, 7) is 5.10. The molecule has 0 aliphatic carbocycles. The van der Waals surface area contributed by atoms with Crippen molar-refractivity contribution in [3.63, 3.8) is 0 Å². The van der Waals surface area contributed by atoms with Gasteiger partial charge in [0, 0.05) is 24.4 Å². The number of carboxylic acids is 2. The van der Waals surface area contributed by atoms with Crippen LogP contribution in [0, 0.1) is 0 Å². The second kappa shape index (κ2) is 18.0. The molecule has 0 saturated carbocycles. The van der Waals surface area contributed by atoms with Crippen LogP contribution in [0.1, 0.15) is 25.3 Å². The van der Waals surface area contributed by atoms with E-state index in [1.807, 2.05) is 0 Å². The summed E-state index contributed by atoms with van der Waals surface area (Å²) in [6.07, 6.45) is 1.12. The minimum absolute atomic E-state index is 0.0562. The van der Waals surface area contributed by atoms with Crippen molar-refractivity contribution in [2.24, 2.45) is 5.73 Å². The molecule has 1 unspecified atom stereocenters. The summed E-state index contributed by atoms with van der Waals surface area (Å²) >= 11 is 12.7. The van der Waals surface area contributed by atoms with E-state index in [1.165, 1.54) is 7.11 Å². The van der Waals surface area contributed by atoms with Gasteiger partial charge in [-0.15, -0.1) is 0 Å². The number of carboxylic acid groups (broad SMARTS) is 2. The van der Waals surface area contributed by atoms with Crippen LogP contribution in [0.3, 0.4) is 0 Å². The van der Waals surface area contributed by atoms with E-state index in [0.717, 1.165) is 0 Å². The van der Waals surface area contributed by atoms with E-state index in [0.29, 0.717) is 53.9 Å². The highest BCUT2D eigenvalue weighted by Crippen LogP contribution is 2.43. The second-order valence-electron chi connectivity index (χ2n) is 7.81. The Morgan fingerprint density at radius 2 is 1.62 bits per heavy atom. The number of rotatable bonds is 13. The van der Waals surface area contributed by atoms with Gasteiger partial charge in [0.15, 0.2) is 0 Å². The largest absolute Gasteiger partial charge is 0.478 e. The SMILES string of the molecule is CCOC(=O)C1=C(COCCOCCN)NC(C)=C(C(=O)OC)C1c1cccc(Cl)c1Cl.O=C(O)C=CC(=O)O. The summed E-state index contributed by atoms with van der Waals surface area (Å²) in [5.74, 6) is -4.58. The van der Waals surface area contributed by atoms with Gasteiger partial charge in [0.05, 0.1) is 73.0 Å². The summed E-state index contributed by atoms with van der Waals surface area (Å²) in [5, 5.41) is 19.3. The predicted molar refractivity (Wildman–Crippen MR) is 146 cm³/mol. The normalized spacial score (nSPS) is 14.8. The predicted octanol–water partition coefficient (Wildman–Crippen LogP) is 2.65. The first-order chi connectivity index (χ1) is 19.0. The minimum atomic E-state index is -1.26. The number of benzene rings is 1. The number of dihydropyridines is 1. The third kappa shape index (κ3) is 10.6. The Labute approximate surface area is 241 Å². The fraction of sp³-hybridized carbons (Fsp3) is 0.385. The van der Waals surface area contributed by atoms with E-state index in [9.17, 15) is 19.2 Å². The average Bonchev–Trinajstić information content (AvgIpc) is 2.90. The Hall–Kier alpha value is -3.42. The maximum Gasteiger partial charge on any atom is 0.336 e. The van der Waals surface area contributed by atoms with Gasteiger partial charge in [-0.3, -0.25) is 0 Å². The highest BCUT2D eigenvalue weighted by molar-refractivity contribution is 6.42. The summed E-state index contributed by atoms with van der Waals surface area (Å²) in [4.78, 5) is 44.9.